The van der Waals surface area contributed by atoms with Gasteiger partial charge in [0.15, 0.2) is 0 Å². The average Bonchev–Trinajstić information content (AvgIpc) is 2.96. The molecule has 41 heavy (non-hydrogen) atoms. The second kappa shape index (κ2) is 11.6. The van der Waals surface area contributed by atoms with Crippen LogP contribution in [0.5, 0.6) is 17.2 Å². The zero-order valence-corrected chi connectivity index (χ0v) is 22.6. The highest BCUT2D eigenvalue weighted by Gasteiger charge is 2.31. The van der Waals surface area contributed by atoms with Gasteiger partial charge in [-0.3, -0.25) is 10.1 Å². The molecule has 2 N–H and O–H groups in total. The largest absolute Gasteiger partial charge is 0.489 e. The lowest BCUT2D eigenvalue weighted by atomic mass is 9.83. The zero-order valence-electron chi connectivity index (χ0n) is 21.0. The summed E-state index contributed by atoms with van der Waals surface area (Å²) >= 11 is 12.2. The van der Waals surface area contributed by atoms with Crippen LogP contribution in [-0.2, 0) is 6.61 Å². The molecule has 0 radical (unpaired) electrons. The number of nitrogens with zero attached hydrogens (tertiary/aromatic N) is 2. The highest BCUT2D eigenvalue weighted by molar-refractivity contribution is 6.35. The minimum atomic E-state index is -0.784. The molecule has 4 aromatic carbocycles. The number of esters is 1. The molecule has 0 amide bonds. The summed E-state index contributed by atoms with van der Waals surface area (Å²) in [7, 11) is 0. The van der Waals surface area contributed by atoms with E-state index in [1.54, 1.807) is 48.5 Å². The summed E-state index contributed by atoms with van der Waals surface area (Å²) in [6, 6.07) is 24.4. The first-order chi connectivity index (χ1) is 19.7. The Hall–Kier alpha value is -5.04. The number of nitro groups is 1. The molecule has 5 rings (SSSR count). The number of nitrogens with two attached hydrogens (primary N) is 1. The molecule has 0 bridgehead atoms. The Balaban J connectivity index is 1.41. The molecule has 1 unspecified atom stereocenters. The van der Waals surface area contributed by atoms with Crippen molar-refractivity contribution in [2.45, 2.75) is 12.5 Å². The molecule has 0 fully saturated rings. The van der Waals surface area contributed by atoms with Crippen molar-refractivity contribution >= 4 is 34.9 Å². The van der Waals surface area contributed by atoms with E-state index in [0.29, 0.717) is 21.4 Å². The van der Waals surface area contributed by atoms with E-state index in [1.807, 2.05) is 6.07 Å². The van der Waals surface area contributed by atoms with Crippen LogP contribution in [0.1, 0.15) is 33.0 Å². The van der Waals surface area contributed by atoms with Gasteiger partial charge in [-0.1, -0.05) is 53.5 Å². The van der Waals surface area contributed by atoms with Gasteiger partial charge < -0.3 is 19.9 Å². The number of allylic oxidation sites excluding steroid dienone is 1. The monoisotopic (exact) mass is 587 g/mol. The number of fused-ring (bicyclic) bond motifs is 1. The van der Waals surface area contributed by atoms with E-state index in [0.717, 1.165) is 17.2 Å². The normalized spacial score (nSPS) is 13.9. The van der Waals surface area contributed by atoms with Crippen LogP contribution < -0.4 is 19.9 Å². The van der Waals surface area contributed by atoms with Gasteiger partial charge in [0.05, 0.1) is 16.4 Å². The van der Waals surface area contributed by atoms with Crippen LogP contribution in [0, 0.1) is 21.4 Å². The van der Waals surface area contributed by atoms with E-state index < -0.39 is 16.8 Å². The third-order valence-corrected chi connectivity index (χ3v) is 6.88. The number of carbonyl (C=O) groups excluding carboxylic acids is 1. The van der Waals surface area contributed by atoms with E-state index in [-0.39, 0.29) is 40.8 Å². The molecule has 1 aliphatic rings. The van der Waals surface area contributed by atoms with Crippen molar-refractivity contribution in [2.24, 2.45) is 5.73 Å². The van der Waals surface area contributed by atoms with Gasteiger partial charge in [0, 0.05) is 39.4 Å². The van der Waals surface area contributed by atoms with Crippen molar-refractivity contribution in [3.63, 3.8) is 0 Å². The van der Waals surface area contributed by atoms with Gasteiger partial charge in [-0.05, 0) is 42.0 Å². The van der Waals surface area contributed by atoms with Gasteiger partial charge >= 0.3 is 5.97 Å². The van der Waals surface area contributed by atoms with E-state index in [1.165, 1.54) is 24.3 Å². The predicted molar refractivity (Wildman–Crippen MR) is 151 cm³/mol. The van der Waals surface area contributed by atoms with Crippen molar-refractivity contribution < 1.29 is 23.9 Å². The van der Waals surface area contributed by atoms with Gasteiger partial charge in [0.1, 0.15) is 35.5 Å². The number of halogens is 2. The highest BCUT2D eigenvalue weighted by atomic mass is 35.5. The van der Waals surface area contributed by atoms with Crippen LogP contribution in [0.15, 0.2) is 96.4 Å². The summed E-state index contributed by atoms with van der Waals surface area (Å²) in [5.74, 6) is -0.508. The number of hydrogen-bond acceptors (Lipinski definition) is 8. The van der Waals surface area contributed by atoms with Crippen molar-refractivity contribution in [1.29, 1.82) is 5.26 Å². The molecular weight excluding hydrogens is 569 g/mol. The molecule has 0 saturated heterocycles. The van der Waals surface area contributed by atoms with Crippen LogP contribution in [0.25, 0.3) is 0 Å². The fourth-order valence-corrected chi connectivity index (χ4v) is 4.80. The lowest BCUT2D eigenvalue weighted by molar-refractivity contribution is -0.384. The maximum absolute atomic E-state index is 12.7. The standard InChI is InChI=1S/C30H19Cl2N3O6/c31-20-8-7-19(26(32)13-20)16-39-22-6-2-3-17(12-22)28-24-10-9-23(14-27(24)41-29(34)25(28)15-33)40-30(36)18-4-1-5-21(11-18)35(37)38/h1-14,28H,16,34H2. The van der Waals surface area contributed by atoms with Gasteiger partial charge in [-0.25, -0.2) is 4.79 Å². The fourth-order valence-electron chi connectivity index (χ4n) is 4.34. The maximum atomic E-state index is 12.7. The molecule has 204 valence electrons. The number of ether oxygens (including phenoxy) is 3. The lowest BCUT2D eigenvalue weighted by Gasteiger charge is -2.27. The number of nitro benzene ring substituents is 1. The highest BCUT2D eigenvalue weighted by Crippen LogP contribution is 2.44. The Labute approximate surface area is 244 Å². The van der Waals surface area contributed by atoms with E-state index >= 15 is 0 Å². The molecule has 0 saturated carbocycles. The van der Waals surface area contributed by atoms with Crippen LogP contribution in [0.4, 0.5) is 5.69 Å². The summed E-state index contributed by atoms with van der Waals surface area (Å²) < 4.78 is 17.1. The molecule has 1 aliphatic heterocycles. The van der Waals surface area contributed by atoms with Crippen LogP contribution >= 0.6 is 23.2 Å². The Kier molecular flexibility index (Phi) is 7.79. The van der Waals surface area contributed by atoms with E-state index in [9.17, 15) is 20.2 Å². The molecule has 11 heteroatoms. The quantitative estimate of drug-likeness (QED) is 0.106. The van der Waals surface area contributed by atoms with Gasteiger partial charge in [-0.2, -0.15) is 5.26 Å². The van der Waals surface area contributed by atoms with Crippen molar-refractivity contribution in [3.05, 3.63) is 139 Å². The maximum Gasteiger partial charge on any atom is 0.343 e. The number of benzene rings is 4. The second-order valence-corrected chi connectivity index (χ2v) is 9.76. The number of carbonyl (C=O) groups is 1. The third-order valence-electron chi connectivity index (χ3n) is 6.29. The Morgan fingerprint density at radius 1 is 1.02 bits per heavy atom. The number of nitriles is 1. The Morgan fingerprint density at radius 3 is 2.59 bits per heavy atom. The van der Waals surface area contributed by atoms with Crippen molar-refractivity contribution in [2.75, 3.05) is 0 Å². The summed E-state index contributed by atoms with van der Waals surface area (Å²) in [5.41, 5.74) is 8.20. The van der Waals surface area contributed by atoms with Crippen LogP contribution in [0.2, 0.25) is 10.0 Å². The summed E-state index contributed by atoms with van der Waals surface area (Å²) in [6.45, 7) is 0.201. The minimum Gasteiger partial charge on any atom is -0.489 e. The molecule has 1 atom stereocenters. The van der Waals surface area contributed by atoms with Crippen LogP contribution in [0.3, 0.4) is 0 Å². The first-order valence-corrected chi connectivity index (χ1v) is 12.8. The number of non-ortho nitro benzene ring substituents is 1. The predicted octanol–water partition coefficient (Wildman–Crippen LogP) is 6.92. The molecule has 1 heterocycles. The summed E-state index contributed by atoms with van der Waals surface area (Å²) in [4.78, 5) is 23.1. The molecule has 0 aromatic heterocycles. The number of hydrogen-bond donors (Lipinski definition) is 1. The molecule has 0 aliphatic carbocycles. The van der Waals surface area contributed by atoms with Gasteiger partial charge in [0.25, 0.3) is 5.69 Å². The molecule has 4 aromatic rings. The summed E-state index contributed by atoms with van der Waals surface area (Å²) in [5, 5.41) is 22.0. The van der Waals surface area contributed by atoms with E-state index in [4.69, 9.17) is 43.1 Å². The smallest absolute Gasteiger partial charge is 0.343 e. The first kappa shape index (κ1) is 27.5. The average molecular weight is 588 g/mol. The van der Waals surface area contributed by atoms with Crippen LogP contribution in [-0.4, -0.2) is 10.9 Å². The van der Waals surface area contributed by atoms with Gasteiger partial charge in [-0.15, -0.1) is 0 Å². The molecular formula is C30H19Cl2N3O6. The molecule has 9 nitrogen and oxygen atoms in total. The van der Waals surface area contributed by atoms with Crippen molar-refractivity contribution in [1.82, 2.24) is 0 Å². The Bertz CT molecular complexity index is 1770. The Morgan fingerprint density at radius 2 is 1.83 bits per heavy atom. The number of rotatable bonds is 7. The molecule has 0 spiro atoms. The van der Waals surface area contributed by atoms with Gasteiger partial charge in [0.2, 0.25) is 5.88 Å². The van der Waals surface area contributed by atoms with Crippen molar-refractivity contribution in [3.8, 4) is 23.3 Å². The lowest BCUT2D eigenvalue weighted by Crippen LogP contribution is -2.21. The fraction of sp³-hybridized carbons (Fsp3) is 0.0667. The third kappa shape index (κ3) is 5.94. The minimum absolute atomic E-state index is 0.0126. The first-order valence-electron chi connectivity index (χ1n) is 12.1. The zero-order chi connectivity index (χ0) is 29.1. The topological polar surface area (TPSA) is 138 Å². The second-order valence-electron chi connectivity index (χ2n) is 8.92. The van der Waals surface area contributed by atoms with E-state index in [2.05, 4.69) is 6.07 Å². The summed E-state index contributed by atoms with van der Waals surface area (Å²) in [6.07, 6.45) is 0. The SMILES string of the molecule is N#CC1=C(N)Oc2cc(OC(=O)c3cccc([N+](=O)[O-])c3)ccc2C1c1cccc(OCc2ccc(Cl)cc2Cl)c1.